The Morgan fingerprint density at radius 2 is 1.69 bits per heavy atom. The number of amides is 2. The third kappa shape index (κ3) is 8.36. The van der Waals surface area contributed by atoms with Gasteiger partial charge in [-0.3, -0.25) is 18.7 Å². The quantitative estimate of drug-likeness (QED) is 0.456. The normalized spacial score (nSPS) is 12.2. The molecule has 0 bridgehead atoms. The first-order valence-corrected chi connectivity index (χ1v) is 13.4. The van der Waals surface area contributed by atoms with Gasteiger partial charge in [-0.2, -0.15) is 0 Å². The highest BCUT2D eigenvalue weighted by molar-refractivity contribution is 7.92. The molecule has 2 rings (SSSR count). The van der Waals surface area contributed by atoms with Crippen LogP contribution >= 0.6 is 11.6 Å². The molecule has 0 aliphatic carbocycles. The number of Topliss-reactive ketones (excluding diaryl/α,β-unsaturated/α-hetero) is 1. The van der Waals surface area contributed by atoms with Crippen LogP contribution < -0.4 is 9.62 Å². The molecule has 0 spiro atoms. The van der Waals surface area contributed by atoms with Crippen molar-refractivity contribution in [1.29, 1.82) is 0 Å². The van der Waals surface area contributed by atoms with Crippen molar-refractivity contribution in [2.45, 2.75) is 40.3 Å². The average molecular weight is 522 g/mol. The molecule has 8 nitrogen and oxygen atoms in total. The summed E-state index contributed by atoms with van der Waals surface area (Å²) >= 11 is 6.10. The van der Waals surface area contributed by atoms with E-state index >= 15 is 0 Å². The van der Waals surface area contributed by atoms with Crippen LogP contribution in [0.15, 0.2) is 48.5 Å². The minimum Gasteiger partial charge on any atom is -0.354 e. The predicted molar refractivity (Wildman–Crippen MR) is 138 cm³/mol. The summed E-state index contributed by atoms with van der Waals surface area (Å²) in [5.41, 5.74) is 1.20. The lowest BCUT2D eigenvalue weighted by molar-refractivity contribution is -0.139. The van der Waals surface area contributed by atoms with Gasteiger partial charge in [-0.05, 0) is 49.6 Å². The van der Waals surface area contributed by atoms with Crippen LogP contribution in [-0.4, -0.2) is 56.3 Å². The van der Waals surface area contributed by atoms with Crippen molar-refractivity contribution >= 4 is 44.9 Å². The van der Waals surface area contributed by atoms with Gasteiger partial charge in [-0.25, -0.2) is 8.42 Å². The second kappa shape index (κ2) is 12.2. The Bertz CT molecular complexity index is 1180. The van der Waals surface area contributed by atoms with E-state index in [1.165, 1.54) is 24.0 Å². The summed E-state index contributed by atoms with van der Waals surface area (Å²) in [5.74, 6) is -0.934. The summed E-state index contributed by atoms with van der Waals surface area (Å²) in [7, 11) is -3.88. The van der Waals surface area contributed by atoms with Crippen LogP contribution in [0, 0.1) is 5.92 Å². The Labute approximate surface area is 212 Å². The molecule has 2 amide bonds. The van der Waals surface area contributed by atoms with Crippen molar-refractivity contribution in [2.75, 3.05) is 23.7 Å². The number of hydrogen-bond acceptors (Lipinski definition) is 5. The molecule has 1 atom stereocenters. The molecular weight excluding hydrogens is 490 g/mol. The Hall–Kier alpha value is -2.91. The monoisotopic (exact) mass is 521 g/mol. The van der Waals surface area contributed by atoms with Crippen LogP contribution in [0.2, 0.25) is 5.02 Å². The molecule has 0 saturated heterocycles. The highest BCUT2D eigenvalue weighted by Crippen LogP contribution is 2.21. The second-order valence-electron chi connectivity index (χ2n) is 8.84. The zero-order valence-electron chi connectivity index (χ0n) is 20.6. The van der Waals surface area contributed by atoms with E-state index < -0.39 is 28.5 Å². The molecular formula is C25H32ClN3O5S. The molecule has 0 fully saturated rings. The van der Waals surface area contributed by atoms with E-state index in [9.17, 15) is 22.8 Å². The molecule has 0 aliphatic rings. The van der Waals surface area contributed by atoms with E-state index in [1.54, 1.807) is 43.3 Å². The topological polar surface area (TPSA) is 104 Å². The second-order valence-corrected chi connectivity index (χ2v) is 11.2. The van der Waals surface area contributed by atoms with Gasteiger partial charge in [0.1, 0.15) is 12.6 Å². The van der Waals surface area contributed by atoms with Crippen molar-refractivity contribution in [3.63, 3.8) is 0 Å². The number of anilines is 1. The Morgan fingerprint density at radius 1 is 1.03 bits per heavy atom. The van der Waals surface area contributed by atoms with Gasteiger partial charge in [0, 0.05) is 23.7 Å². The third-order valence-electron chi connectivity index (χ3n) is 5.31. The third-order valence-corrected chi connectivity index (χ3v) is 6.69. The van der Waals surface area contributed by atoms with Gasteiger partial charge in [0.25, 0.3) is 0 Å². The number of ketones is 1. The van der Waals surface area contributed by atoms with E-state index in [-0.39, 0.29) is 29.8 Å². The lowest BCUT2D eigenvalue weighted by atomic mass is 10.1. The van der Waals surface area contributed by atoms with Crippen LogP contribution in [0.1, 0.15) is 43.6 Å². The number of nitrogens with zero attached hydrogens (tertiary/aromatic N) is 2. The fourth-order valence-corrected chi connectivity index (χ4v) is 4.42. The summed E-state index contributed by atoms with van der Waals surface area (Å²) in [4.78, 5) is 39.5. The number of halogens is 1. The molecule has 10 heteroatoms. The molecule has 0 aromatic heterocycles. The number of benzene rings is 2. The van der Waals surface area contributed by atoms with Crippen molar-refractivity contribution in [3.8, 4) is 0 Å². The minimum absolute atomic E-state index is 0.0563. The molecule has 190 valence electrons. The molecule has 0 saturated carbocycles. The standard InChI is InChI=1S/C25H32ClN3O5S/c1-17(2)14-27-25(32)18(3)28(15-20-8-6-10-22(26)12-20)24(31)16-29(35(5,33)34)23-11-7-9-21(13-23)19(4)30/h6-13,17-18H,14-16H2,1-5H3,(H,27,32). The van der Waals surface area contributed by atoms with Gasteiger partial charge in [-0.15, -0.1) is 0 Å². The molecule has 0 heterocycles. The molecule has 2 aromatic rings. The maximum Gasteiger partial charge on any atom is 0.244 e. The van der Waals surface area contributed by atoms with Crippen molar-refractivity contribution in [2.24, 2.45) is 5.92 Å². The van der Waals surface area contributed by atoms with Crippen LogP contribution in [0.3, 0.4) is 0 Å². The number of rotatable bonds is 11. The maximum absolute atomic E-state index is 13.5. The van der Waals surface area contributed by atoms with Gasteiger partial charge in [-0.1, -0.05) is 49.7 Å². The van der Waals surface area contributed by atoms with Crippen LogP contribution in [0.4, 0.5) is 5.69 Å². The van der Waals surface area contributed by atoms with E-state index in [1.807, 2.05) is 13.8 Å². The minimum atomic E-state index is -3.88. The first kappa shape index (κ1) is 28.3. The first-order chi connectivity index (χ1) is 16.3. The zero-order valence-corrected chi connectivity index (χ0v) is 22.2. The van der Waals surface area contributed by atoms with Gasteiger partial charge >= 0.3 is 0 Å². The van der Waals surface area contributed by atoms with Crippen molar-refractivity contribution < 1.29 is 22.8 Å². The Balaban J connectivity index is 2.41. The number of carbonyl (C=O) groups is 3. The Morgan fingerprint density at radius 3 is 2.26 bits per heavy atom. The summed E-state index contributed by atoms with van der Waals surface area (Å²) in [6.45, 7) is 6.84. The predicted octanol–water partition coefficient (Wildman–Crippen LogP) is 3.50. The summed E-state index contributed by atoms with van der Waals surface area (Å²) in [5, 5.41) is 3.30. The lowest BCUT2D eigenvalue weighted by Gasteiger charge is -2.31. The summed E-state index contributed by atoms with van der Waals surface area (Å²) < 4.78 is 26.2. The van der Waals surface area contributed by atoms with E-state index in [4.69, 9.17) is 11.6 Å². The van der Waals surface area contributed by atoms with Gasteiger partial charge in [0.15, 0.2) is 5.78 Å². The molecule has 1 N–H and O–H groups in total. The fourth-order valence-electron chi connectivity index (χ4n) is 3.36. The highest BCUT2D eigenvalue weighted by atomic mass is 35.5. The zero-order chi connectivity index (χ0) is 26.3. The smallest absolute Gasteiger partial charge is 0.244 e. The molecule has 1 unspecified atom stereocenters. The van der Waals surface area contributed by atoms with E-state index in [0.29, 0.717) is 22.7 Å². The Kier molecular flexibility index (Phi) is 9.85. The summed E-state index contributed by atoms with van der Waals surface area (Å²) in [6.07, 6.45) is 0.987. The maximum atomic E-state index is 13.5. The highest BCUT2D eigenvalue weighted by Gasteiger charge is 2.30. The van der Waals surface area contributed by atoms with Crippen LogP contribution in [0.25, 0.3) is 0 Å². The lowest BCUT2D eigenvalue weighted by Crippen LogP contribution is -2.51. The SMILES string of the molecule is CC(=O)c1cccc(N(CC(=O)N(Cc2cccc(Cl)c2)C(C)C(=O)NCC(C)C)S(C)(=O)=O)c1. The van der Waals surface area contributed by atoms with E-state index in [2.05, 4.69) is 5.32 Å². The first-order valence-electron chi connectivity index (χ1n) is 11.2. The van der Waals surface area contributed by atoms with Crippen molar-refractivity contribution in [1.82, 2.24) is 10.2 Å². The summed E-state index contributed by atoms with van der Waals surface area (Å²) in [6, 6.07) is 12.1. The molecule has 35 heavy (non-hydrogen) atoms. The van der Waals surface area contributed by atoms with Crippen LogP contribution in [0.5, 0.6) is 0 Å². The number of hydrogen-bond donors (Lipinski definition) is 1. The van der Waals surface area contributed by atoms with Gasteiger partial charge < -0.3 is 10.2 Å². The van der Waals surface area contributed by atoms with E-state index in [0.717, 1.165) is 10.6 Å². The average Bonchev–Trinajstić information content (AvgIpc) is 2.78. The molecule has 2 aromatic carbocycles. The molecule has 0 radical (unpaired) electrons. The fraction of sp³-hybridized carbons (Fsp3) is 0.400. The van der Waals surface area contributed by atoms with Crippen molar-refractivity contribution in [3.05, 3.63) is 64.7 Å². The van der Waals surface area contributed by atoms with Crippen LogP contribution in [-0.2, 0) is 26.2 Å². The number of sulfonamides is 1. The number of nitrogens with one attached hydrogen (secondary N) is 1. The number of carbonyl (C=O) groups excluding carboxylic acids is 3. The van der Waals surface area contributed by atoms with Gasteiger partial charge in [0.05, 0.1) is 11.9 Å². The van der Waals surface area contributed by atoms with Gasteiger partial charge in [0.2, 0.25) is 21.8 Å². The largest absolute Gasteiger partial charge is 0.354 e. The molecule has 0 aliphatic heterocycles.